The van der Waals surface area contributed by atoms with Gasteiger partial charge in [-0.05, 0) is 38.8 Å². The van der Waals surface area contributed by atoms with E-state index in [0.29, 0.717) is 6.54 Å². The molecule has 6 heteroatoms. The number of hydrogen-bond donors (Lipinski definition) is 2. The number of nitrogens with one attached hydrogen (secondary N) is 2. The number of rotatable bonds is 6. The highest BCUT2D eigenvalue weighted by Crippen LogP contribution is 2.29. The molecule has 0 saturated heterocycles. The van der Waals surface area contributed by atoms with E-state index in [2.05, 4.69) is 21.9 Å². The van der Waals surface area contributed by atoms with Crippen molar-refractivity contribution in [3.8, 4) is 0 Å². The lowest BCUT2D eigenvalue weighted by Crippen LogP contribution is -2.47. The van der Waals surface area contributed by atoms with Crippen molar-refractivity contribution in [3.63, 3.8) is 0 Å². The predicted octanol–water partition coefficient (Wildman–Crippen LogP) is 2.85. The zero-order chi connectivity index (χ0) is 17.3. The van der Waals surface area contributed by atoms with Crippen LogP contribution in [-0.4, -0.2) is 31.7 Å². The van der Waals surface area contributed by atoms with Crippen LogP contribution in [0.4, 0.5) is 5.69 Å². The molecule has 1 aromatic carbocycles. The lowest BCUT2D eigenvalue weighted by Gasteiger charge is -2.27. The van der Waals surface area contributed by atoms with Gasteiger partial charge in [0.15, 0.2) is 0 Å². The van der Waals surface area contributed by atoms with Crippen LogP contribution in [0.1, 0.15) is 32.0 Å². The number of anilines is 1. The Labute approximate surface area is 138 Å². The van der Waals surface area contributed by atoms with E-state index in [1.54, 1.807) is 0 Å². The molecule has 0 spiro atoms. The minimum Gasteiger partial charge on any atom is -0.382 e. The zero-order valence-electron chi connectivity index (χ0n) is 14.4. The number of benzene rings is 1. The van der Waals surface area contributed by atoms with Crippen molar-refractivity contribution in [2.75, 3.05) is 18.1 Å². The summed E-state index contributed by atoms with van der Waals surface area (Å²) in [6.07, 6.45) is 2.05. The van der Waals surface area contributed by atoms with E-state index in [4.69, 9.17) is 0 Å². The number of aryl methyl sites for hydroxylation is 1. The monoisotopic (exact) mass is 335 g/mol. The number of pyridine rings is 1. The lowest BCUT2D eigenvalue weighted by molar-refractivity contribution is 0.476. The van der Waals surface area contributed by atoms with E-state index in [1.807, 2.05) is 45.0 Å². The Morgan fingerprint density at radius 2 is 1.87 bits per heavy atom. The fourth-order valence-electron chi connectivity index (χ4n) is 2.86. The largest absolute Gasteiger partial charge is 0.382 e. The predicted molar refractivity (Wildman–Crippen MR) is 96.4 cm³/mol. The fourth-order valence-corrected chi connectivity index (χ4v) is 3.93. The first kappa shape index (κ1) is 17.7. The molecule has 0 radical (unpaired) electrons. The van der Waals surface area contributed by atoms with Crippen LogP contribution >= 0.6 is 0 Å². The highest BCUT2D eigenvalue weighted by atomic mass is 32.2. The second-order valence-electron chi connectivity index (χ2n) is 6.53. The van der Waals surface area contributed by atoms with Crippen molar-refractivity contribution in [2.45, 2.75) is 39.7 Å². The molecule has 0 bridgehead atoms. The molecule has 2 N–H and O–H groups in total. The molecular formula is C17H25N3O2S. The molecule has 0 aliphatic carbocycles. The molecule has 1 heterocycles. The summed E-state index contributed by atoms with van der Waals surface area (Å²) >= 11 is 0. The maximum atomic E-state index is 11.5. The molecule has 2 rings (SSSR count). The van der Waals surface area contributed by atoms with Crippen molar-refractivity contribution in [3.05, 3.63) is 35.5 Å². The fraction of sp³-hybridized carbons (Fsp3) is 0.471. The van der Waals surface area contributed by atoms with Gasteiger partial charge in [0, 0.05) is 28.9 Å². The van der Waals surface area contributed by atoms with Crippen LogP contribution < -0.4 is 10.0 Å². The van der Waals surface area contributed by atoms with Gasteiger partial charge in [-0.25, -0.2) is 13.1 Å². The van der Waals surface area contributed by atoms with Crippen molar-refractivity contribution in [1.82, 2.24) is 9.71 Å². The second-order valence-corrected chi connectivity index (χ2v) is 8.28. The molecule has 0 amide bonds. The van der Waals surface area contributed by atoms with Crippen LogP contribution in [0, 0.1) is 6.92 Å². The Balaban J connectivity index is 2.39. The van der Waals surface area contributed by atoms with Gasteiger partial charge in [-0.15, -0.1) is 0 Å². The molecule has 0 aliphatic rings. The van der Waals surface area contributed by atoms with Crippen LogP contribution in [0.15, 0.2) is 24.3 Å². The topological polar surface area (TPSA) is 71.1 Å². The molecule has 0 unspecified atom stereocenters. The maximum Gasteiger partial charge on any atom is 0.209 e. The van der Waals surface area contributed by atoms with E-state index in [0.717, 1.165) is 28.7 Å². The van der Waals surface area contributed by atoms with E-state index < -0.39 is 15.6 Å². The summed E-state index contributed by atoms with van der Waals surface area (Å²) in [5.74, 6) is 0. The van der Waals surface area contributed by atoms with Gasteiger partial charge in [-0.1, -0.05) is 25.1 Å². The van der Waals surface area contributed by atoms with Crippen molar-refractivity contribution in [1.29, 1.82) is 0 Å². The Hall–Kier alpha value is -1.66. The van der Waals surface area contributed by atoms with E-state index >= 15 is 0 Å². The highest BCUT2D eigenvalue weighted by Gasteiger charge is 2.23. The number of aromatic nitrogens is 1. The normalized spacial score (nSPS) is 12.6. The van der Waals surface area contributed by atoms with Crippen LogP contribution in [0.3, 0.4) is 0 Å². The maximum absolute atomic E-state index is 11.5. The third kappa shape index (κ3) is 4.42. The quantitative estimate of drug-likeness (QED) is 0.851. The number of sulfonamides is 1. The second kappa shape index (κ2) is 6.45. The highest BCUT2D eigenvalue weighted by molar-refractivity contribution is 7.88. The Morgan fingerprint density at radius 3 is 2.48 bits per heavy atom. The van der Waals surface area contributed by atoms with E-state index in [9.17, 15) is 8.42 Å². The molecule has 0 atom stereocenters. The van der Waals surface area contributed by atoms with Gasteiger partial charge in [-0.3, -0.25) is 4.98 Å². The number of fused-ring (bicyclic) bond motifs is 1. The number of nitrogens with zero attached hydrogens (tertiary/aromatic N) is 1. The van der Waals surface area contributed by atoms with Crippen molar-refractivity contribution in [2.24, 2.45) is 0 Å². The summed E-state index contributed by atoms with van der Waals surface area (Å²) < 4.78 is 25.7. The first-order valence-electron chi connectivity index (χ1n) is 7.74. The minimum atomic E-state index is -3.25. The van der Waals surface area contributed by atoms with Gasteiger partial charge < -0.3 is 5.32 Å². The van der Waals surface area contributed by atoms with Gasteiger partial charge in [-0.2, -0.15) is 0 Å². The summed E-state index contributed by atoms with van der Waals surface area (Å²) in [6, 6.07) is 8.00. The van der Waals surface area contributed by atoms with Gasteiger partial charge in [0.05, 0.1) is 11.8 Å². The summed E-state index contributed by atoms with van der Waals surface area (Å²) in [7, 11) is -3.25. The summed E-state index contributed by atoms with van der Waals surface area (Å²) in [4.78, 5) is 4.66. The Bertz CT molecular complexity index is 814. The molecule has 23 heavy (non-hydrogen) atoms. The Kier molecular flexibility index (Phi) is 4.96. The molecule has 0 fully saturated rings. The number of hydrogen-bond acceptors (Lipinski definition) is 4. The zero-order valence-corrected chi connectivity index (χ0v) is 15.2. The van der Waals surface area contributed by atoms with Crippen LogP contribution in [0.25, 0.3) is 10.9 Å². The molecule has 0 saturated carbocycles. The molecule has 5 nitrogen and oxygen atoms in total. The molecule has 126 valence electrons. The van der Waals surface area contributed by atoms with Crippen molar-refractivity contribution >= 4 is 26.6 Å². The van der Waals surface area contributed by atoms with Gasteiger partial charge in [0.25, 0.3) is 0 Å². The molecule has 2 aromatic rings. The smallest absolute Gasteiger partial charge is 0.209 e. The van der Waals surface area contributed by atoms with Gasteiger partial charge in [0.2, 0.25) is 10.0 Å². The SMILES string of the molecule is CCc1c(C)nc2ccccc2c1NCC(C)(C)NS(C)(=O)=O. The van der Waals surface area contributed by atoms with E-state index in [-0.39, 0.29) is 0 Å². The third-order valence-electron chi connectivity index (χ3n) is 3.72. The van der Waals surface area contributed by atoms with Crippen LogP contribution in [0.2, 0.25) is 0 Å². The molecular weight excluding hydrogens is 310 g/mol. The van der Waals surface area contributed by atoms with Gasteiger partial charge >= 0.3 is 0 Å². The van der Waals surface area contributed by atoms with E-state index in [1.165, 1.54) is 11.8 Å². The molecule has 0 aliphatic heterocycles. The first-order chi connectivity index (χ1) is 10.6. The average Bonchev–Trinajstić information content (AvgIpc) is 2.41. The minimum absolute atomic E-state index is 0.487. The van der Waals surface area contributed by atoms with Crippen LogP contribution in [-0.2, 0) is 16.4 Å². The standard InChI is InChI=1S/C17H25N3O2S/c1-6-13-12(2)19-15-10-8-7-9-14(15)16(13)18-11-17(3,4)20-23(5,21)22/h7-10,20H,6,11H2,1-5H3,(H,18,19). The third-order valence-corrected chi connectivity index (χ3v) is 4.65. The first-order valence-corrected chi connectivity index (χ1v) is 9.63. The Morgan fingerprint density at radius 1 is 1.22 bits per heavy atom. The summed E-state index contributed by atoms with van der Waals surface area (Å²) in [5, 5.41) is 4.50. The average molecular weight is 335 g/mol. The van der Waals surface area contributed by atoms with Crippen molar-refractivity contribution < 1.29 is 8.42 Å². The summed E-state index contributed by atoms with van der Waals surface area (Å²) in [6.45, 7) is 8.33. The van der Waals surface area contributed by atoms with Crippen LogP contribution in [0.5, 0.6) is 0 Å². The number of para-hydroxylation sites is 1. The summed E-state index contributed by atoms with van der Waals surface area (Å²) in [5.41, 5.74) is 3.57. The van der Waals surface area contributed by atoms with Gasteiger partial charge in [0.1, 0.15) is 0 Å². The lowest BCUT2D eigenvalue weighted by atomic mass is 10.0. The molecule has 1 aromatic heterocycles.